The summed E-state index contributed by atoms with van der Waals surface area (Å²) >= 11 is 0. The summed E-state index contributed by atoms with van der Waals surface area (Å²) in [4.78, 5) is 23.9. The molecular formula is C12H21NO4. The van der Waals surface area contributed by atoms with Crippen molar-refractivity contribution < 1.29 is 19.4 Å². The van der Waals surface area contributed by atoms with Gasteiger partial charge in [-0.2, -0.15) is 0 Å². The van der Waals surface area contributed by atoms with Crippen molar-refractivity contribution in [3.63, 3.8) is 0 Å². The molecule has 0 saturated heterocycles. The lowest BCUT2D eigenvalue weighted by Gasteiger charge is -2.24. The van der Waals surface area contributed by atoms with Gasteiger partial charge in [0, 0.05) is 7.05 Å². The Morgan fingerprint density at radius 1 is 1.47 bits per heavy atom. The Labute approximate surface area is 102 Å². The summed E-state index contributed by atoms with van der Waals surface area (Å²) in [6.07, 6.45) is 3.90. The Hall–Kier alpha value is -1.26. The number of unbranched alkanes of at least 4 members (excludes halogenated alkanes) is 1. The Kier molecular flexibility index (Phi) is 5.25. The molecule has 1 N–H and O–H groups in total. The van der Waals surface area contributed by atoms with Crippen LogP contribution in [-0.2, 0) is 9.53 Å². The van der Waals surface area contributed by atoms with E-state index in [0.717, 1.165) is 25.7 Å². The molecule has 17 heavy (non-hydrogen) atoms. The van der Waals surface area contributed by atoms with Gasteiger partial charge in [-0.3, -0.25) is 4.90 Å². The molecular weight excluding hydrogens is 222 g/mol. The van der Waals surface area contributed by atoms with Gasteiger partial charge in [-0.15, -0.1) is 0 Å². The molecule has 1 unspecified atom stereocenters. The van der Waals surface area contributed by atoms with E-state index in [9.17, 15) is 9.59 Å². The maximum atomic E-state index is 11.6. The average Bonchev–Trinajstić information content (AvgIpc) is 3.08. The third-order valence-corrected chi connectivity index (χ3v) is 3.02. The number of carboxylic acids is 1. The van der Waals surface area contributed by atoms with Crippen molar-refractivity contribution >= 4 is 12.1 Å². The molecule has 1 aliphatic rings. The monoisotopic (exact) mass is 243 g/mol. The first-order chi connectivity index (χ1) is 8.06. The van der Waals surface area contributed by atoms with Gasteiger partial charge in [0.05, 0.1) is 6.61 Å². The maximum absolute atomic E-state index is 11.6. The summed E-state index contributed by atoms with van der Waals surface area (Å²) in [5, 5.41) is 9.09. The first kappa shape index (κ1) is 13.8. The number of nitrogens with zero attached hydrogens (tertiary/aromatic N) is 1. The zero-order valence-electron chi connectivity index (χ0n) is 10.5. The zero-order chi connectivity index (χ0) is 12.8. The largest absolute Gasteiger partial charge is 0.480 e. The van der Waals surface area contributed by atoms with Gasteiger partial charge in [0.15, 0.2) is 0 Å². The van der Waals surface area contributed by atoms with Crippen LogP contribution in [0.5, 0.6) is 0 Å². The summed E-state index contributed by atoms with van der Waals surface area (Å²) in [5.74, 6) is -0.492. The molecule has 0 aromatic heterocycles. The highest BCUT2D eigenvalue weighted by Crippen LogP contribution is 2.34. The molecule has 0 spiro atoms. The highest BCUT2D eigenvalue weighted by molar-refractivity contribution is 5.79. The Morgan fingerprint density at radius 2 is 2.12 bits per heavy atom. The van der Waals surface area contributed by atoms with Gasteiger partial charge in [0.1, 0.15) is 6.04 Å². The van der Waals surface area contributed by atoms with Gasteiger partial charge in [-0.25, -0.2) is 9.59 Å². The number of carboxylic acid groups (broad SMARTS) is 1. The van der Waals surface area contributed by atoms with Crippen LogP contribution in [0.3, 0.4) is 0 Å². The van der Waals surface area contributed by atoms with Crippen molar-refractivity contribution in [3.8, 4) is 0 Å². The third kappa shape index (κ3) is 4.63. The molecule has 1 amide bonds. The molecule has 0 bridgehead atoms. The van der Waals surface area contributed by atoms with Gasteiger partial charge in [-0.05, 0) is 18.8 Å². The predicted octanol–water partition coefficient (Wildman–Crippen LogP) is 2.11. The SMILES string of the molecule is CCCCOC(=O)N(C)C(CC1CC1)C(=O)O. The van der Waals surface area contributed by atoms with Crippen molar-refractivity contribution in [2.45, 2.75) is 45.1 Å². The number of aliphatic carboxylic acids is 1. The van der Waals surface area contributed by atoms with Crippen molar-refractivity contribution in [2.24, 2.45) is 5.92 Å². The molecule has 1 rings (SSSR count). The number of carbonyl (C=O) groups is 2. The molecule has 1 atom stereocenters. The first-order valence-electron chi connectivity index (χ1n) is 6.18. The Balaban J connectivity index is 2.41. The summed E-state index contributed by atoms with van der Waals surface area (Å²) in [5.41, 5.74) is 0. The van der Waals surface area contributed by atoms with Gasteiger partial charge < -0.3 is 9.84 Å². The number of carbonyl (C=O) groups excluding carboxylic acids is 1. The van der Waals surface area contributed by atoms with E-state index in [1.54, 1.807) is 0 Å². The van der Waals surface area contributed by atoms with Crippen LogP contribution < -0.4 is 0 Å². The van der Waals surface area contributed by atoms with E-state index in [2.05, 4.69) is 0 Å². The van der Waals surface area contributed by atoms with Crippen LogP contribution >= 0.6 is 0 Å². The minimum atomic E-state index is -0.952. The average molecular weight is 243 g/mol. The third-order valence-electron chi connectivity index (χ3n) is 3.02. The lowest BCUT2D eigenvalue weighted by Crippen LogP contribution is -2.43. The van der Waals surface area contributed by atoms with Crippen LogP contribution in [0.1, 0.15) is 39.0 Å². The van der Waals surface area contributed by atoms with E-state index in [4.69, 9.17) is 9.84 Å². The van der Waals surface area contributed by atoms with Crippen LogP contribution in [0.25, 0.3) is 0 Å². The second-order valence-corrected chi connectivity index (χ2v) is 4.61. The van der Waals surface area contributed by atoms with Crippen molar-refractivity contribution in [1.29, 1.82) is 0 Å². The van der Waals surface area contributed by atoms with E-state index < -0.39 is 18.1 Å². The van der Waals surface area contributed by atoms with E-state index in [0.29, 0.717) is 18.9 Å². The fourth-order valence-electron chi connectivity index (χ4n) is 1.63. The zero-order valence-corrected chi connectivity index (χ0v) is 10.5. The van der Waals surface area contributed by atoms with Crippen LogP contribution in [-0.4, -0.2) is 41.8 Å². The highest BCUT2D eigenvalue weighted by Gasteiger charge is 2.34. The fraction of sp³-hybridized carbons (Fsp3) is 0.833. The molecule has 1 aliphatic carbocycles. The van der Waals surface area contributed by atoms with E-state index in [-0.39, 0.29) is 0 Å². The number of rotatable bonds is 7. The fourth-order valence-corrected chi connectivity index (χ4v) is 1.63. The van der Waals surface area contributed by atoms with Gasteiger partial charge in [-0.1, -0.05) is 26.2 Å². The lowest BCUT2D eigenvalue weighted by molar-refractivity contribution is -0.142. The summed E-state index contributed by atoms with van der Waals surface area (Å²) in [6, 6.07) is -0.753. The van der Waals surface area contributed by atoms with Crippen LogP contribution in [0, 0.1) is 5.92 Å². The molecule has 5 heteroatoms. The molecule has 0 aromatic rings. The summed E-state index contributed by atoms with van der Waals surface area (Å²) < 4.78 is 5.00. The van der Waals surface area contributed by atoms with Crippen molar-refractivity contribution in [3.05, 3.63) is 0 Å². The second-order valence-electron chi connectivity index (χ2n) is 4.61. The van der Waals surface area contributed by atoms with E-state index in [1.807, 2.05) is 6.92 Å². The predicted molar refractivity (Wildman–Crippen MR) is 62.8 cm³/mol. The number of amides is 1. The van der Waals surface area contributed by atoms with Crippen molar-refractivity contribution in [1.82, 2.24) is 4.90 Å². The quantitative estimate of drug-likeness (QED) is 0.695. The minimum absolute atomic E-state index is 0.357. The smallest absolute Gasteiger partial charge is 0.410 e. The van der Waals surface area contributed by atoms with Gasteiger partial charge in [0.2, 0.25) is 0 Å². The molecule has 98 valence electrons. The lowest BCUT2D eigenvalue weighted by atomic mass is 10.1. The normalized spacial score (nSPS) is 16.4. The van der Waals surface area contributed by atoms with Crippen LogP contribution in [0.2, 0.25) is 0 Å². The molecule has 0 heterocycles. The second kappa shape index (κ2) is 6.47. The Bertz CT molecular complexity index is 276. The molecule has 0 aliphatic heterocycles. The van der Waals surface area contributed by atoms with Crippen molar-refractivity contribution in [2.75, 3.05) is 13.7 Å². The number of hydrogen-bond acceptors (Lipinski definition) is 3. The van der Waals surface area contributed by atoms with Gasteiger partial charge >= 0.3 is 12.1 Å². The number of hydrogen-bond donors (Lipinski definition) is 1. The minimum Gasteiger partial charge on any atom is -0.480 e. The molecule has 5 nitrogen and oxygen atoms in total. The maximum Gasteiger partial charge on any atom is 0.410 e. The molecule has 1 fully saturated rings. The van der Waals surface area contributed by atoms with E-state index in [1.165, 1.54) is 11.9 Å². The standard InChI is InChI=1S/C12H21NO4/c1-3-4-7-17-12(16)13(2)10(11(14)15)8-9-5-6-9/h9-10H,3-8H2,1-2H3,(H,14,15). The Morgan fingerprint density at radius 3 is 2.59 bits per heavy atom. The van der Waals surface area contributed by atoms with E-state index >= 15 is 0 Å². The van der Waals surface area contributed by atoms with Crippen LogP contribution in [0.4, 0.5) is 4.79 Å². The first-order valence-corrected chi connectivity index (χ1v) is 6.18. The highest BCUT2D eigenvalue weighted by atomic mass is 16.6. The summed E-state index contributed by atoms with van der Waals surface area (Å²) in [7, 11) is 1.50. The number of likely N-dealkylation sites (N-methyl/N-ethyl adjacent to an activating group) is 1. The molecule has 0 radical (unpaired) electrons. The molecule has 1 saturated carbocycles. The molecule has 0 aromatic carbocycles. The van der Waals surface area contributed by atoms with Gasteiger partial charge in [0.25, 0.3) is 0 Å². The van der Waals surface area contributed by atoms with Crippen LogP contribution in [0.15, 0.2) is 0 Å². The summed E-state index contributed by atoms with van der Waals surface area (Å²) in [6.45, 7) is 2.36. The topological polar surface area (TPSA) is 66.8 Å². The number of ether oxygens (including phenoxy) is 1.